The van der Waals surface area contributed by atoms with Crippen molar-refractivity contribution >= 4 is 0 Å². The third-order valence-electron chi connectivity index (χ3n) is 3.24. The summed E-state index contributed by atoms with van der Waals surface area (Å²) in [6.45, 7) is 4.65. The van der Waals surface area contributed by atoms with E-state index in [2.05, 4.69) is 17.9 Å². The zero-order chi connectivity index (χ0) is 7.90. The summed E-state index contributed by atoms with van der Waals surface area (Å²) in [7, 11) is 0. The van der Waals surface area contributed by atoms with Gasteiger partial charge in [0, 0.05) is 6.54 Å². The number of rotatable bonds is 1. The van der Waals surface area contributed by atoms with Gasteiger partial charge in [-0.1, -0.05) is 11.6 Å². The van der Waals surface area contributed by atoms with Crippen molar-refractivity contribution < 1.29 is 5.11 Å². The van der Waals surface area contributed by atoms with Gasteiger partial charge in [0.1, 0.15) is 0 Å². The third-order valence-corrected chi connectivity index (χ3v) is 3.24. The van der Waals surface area contributed by atoms with Gasteiger partial charge in [-0.25, -0.2) is 0 Å². The van der Waals surface area contributed by atoms with E-state index < -0.39 is 0 Å². The van der Waals surface area contributed by atoms with E-state index in [4.69, 9.17) is 0 Å². The van der Waals surface area contributed by atoms with E-state index in [9.17, 15) is 5.11 Å². The van der Waals surface area contributed by atoms with Crippen LogP contribution in [0.5, 0.6) is 0 Å². The summed E-state index contributed by atoms with van der Waals surface area (Å²) in [5.41, 5.74) is 1.43. The molecule has 0 amide bonds. The largest absolute Gasteiger partial charge is 0.394 e. The van der Waals surface area contributed by atoms with Crippen LogP contribution in [0.2, 0.25) is 0 Å². The molecule has 0 aromatic heterocycles. The smallest absolute Gasteiger partial charge is 0.0654 e. The molecule has 2 heterocycles. The second kappa shape index (κ2) is 2.32. The first kappa shape index (κ1) is 7.32. The van der Waals surface area contributed by atoms with Crippen LogP contribution in [0.25, 0.3) is 0 Å². The van der Waals surface area contributed by atoms with Crippen molar-refractivity contribution in [3.8, 4) is 0 Å². The number of aliphatic hydroxyl groups excluding tert-OH is 1. The van der Waals surface area contributed by atoms with Crippen molar-refractivity contribution in [1.29, 1.82) is 0 Å². The second-order valence-electron chi connectivity index (χ2n) is 3.63. The van der Waals surface area contributed by atoms with E-state index in [0.29, 0.717) is 6.61 Å². The van der Waals surface area contributed by atoms with Crippen LogP contribution in [-0.4, -0.2) is 35.2 Å². The van der Waals surface area contributed by atoms with Gasteiger partial charge in [-0.15, -0.1) is 0 Å². The van der Waals surface area contributed by atoms with Crippen molar-refractivity contribution in [3.05, 3.63) is 11.6 Å². The highest BCUT2D eigenvalue weighted by molar-refractivity contribution is 5.27. The Hall–Kier alpha value is -0.340. The lowest BCUT2D eigenvalue weighted by molar-refractivity contribution is 0.116. The van der Waals surface area contributed by atoms with Crippen LogP contribution in [-0.2, 0) is 0 Å². The molecule has 11 heavy (non-hydrogen) atoms. The van der Waals surface area contributed by atoms with Crippen LogP contribution in [0.3, 0.4) is 0 Å². The highest BCUT2D eigenvalue weighted by atomic mass is 16.3. The van der Waals surface area contributed by atoms with Gasteiger partial charge in [-0.05, 0) is 26.3 Å². The monoisotopic (exact) mass is 153 g/mol. The van der Waals surface area contributed by atoms with Gasteiger partial charge in [0.15, 0.2) is 0 Å². The Morgan fingerprint density at radius 3 is 3.18 bits per heavy atom. The molecule has 0 aromatic carbocycles. The van der Waals surface area contributed by atoms with Crippen molar-refractivity contribution in [2.45, 2.75) is 25.3 Å². The first-order chi connectivity index (χ1) is 5.29. The van der Waals surface area contributed by atoms with Gasteiger partial charge >= 0.3 is 0 Å². The predicted molar refractivity (Wildman–Crippen MR) is 44.4 cm³/mol. The third kappa shape index (κ3) is 0.797. The van der Waals surface area contributed by atoms with E-state index in [1.54, 1.807) is 0 Å². The molecule has 1 atom stereocenters. The molecule has 1 saturated heterocycles. The minimum Gasteiger partial charge on any atom is -0.394 e. The summed E-state index contributed by atoms with van der Waals surface area (Å²) in [5, 5.41) is 9.31. The van der Waals surface area contributed by atoms with Crippen molar-refractivity contribution in [2.75, 3.05) is 19.7 Å². The minimum absolute atomic E-state index is 0.0556. The Morgan fingerprint density at radius 1 is 1.73 bits per heavy atom. The van der Waals surface area contributed by atoms with E-state index in [0.717, 1.165) is 19.5 Å². The van der Waals surface area contributed by atoms with Gasteiger partial charge in [0.25, 0.3) is 0 Å². The molecular formula is C9H15NO. The maximum absolute atomic E-state index is 9.31. The lowest BCUT2D eigenvalue weighted by Crippen LogP contribution is -2.43. The molecule has 2 aliphatic heterocycles. The lowest BCUT2D eigenvalue weighted by Gasteiger charge is -2.32. The molecule has 2 rings (SSSR count). The first-order valence-corrected chi connectivity index (χ1v) is 4.33. The standard InChI is InChI=1S/C9H15NO/c1-8-3-6-10-5-2-4-9(8,10)7-11/h3,11H,2,4-7H2,1H3/t9-/m1/s1. The van der Waals surface area contributed by atoms with Gasteiger partial charge in [0.05, 0.1) is 12.1 Å². The molecule has 1 N–H and O–H groups in total. The van der Waals surface area contributed by atoms with Gasteiger partial charge < -0.3 is 5.11 Å². The molecule has 2 nitrogen and oxygen atoms in total. The van der Waals surface area contributed by atoms with Crippen LogP contribution >= 0.6 is 0 Å². The molecule has 0 aliphatic carbocycles. The second-order valence-corrected chi connectivity index (χ2v) is 3.63. The summed E-state index contributed by atoms with van der Waals surface area (Å²) in [4.78, 5) is 2.39. The molecule has 2 heteroatoms. The predicted octanol–water partition coefficient (Wildman–Crippen LogP) is 0.773. The number of hydrogen-bond acceptors (Lipinski definition) is 2. The highest BCUT2D eigenvalue weighted by Gasteiger charge is 2.44. The quantitative estimate of drug-likeness (QED) is 0.562. The summed E-state index contributed by atoms with van der Waals surface area (Å²) in [6.07, 6.45) is 4.63. The fraction of sp³-hybridized carbons (Fsp3) is 0.778. The van der Waals surface area contributed by atoms with E-state index in [1.807, 2.05) is 0 Å². The highest BCUT2D eigenvalue weighted by Crippen LogP contribution is 2.38. The molecule has 2 aliphatic rings. The zero-order valence-corrected chi connectivity index (χ0v) is 7.01. The van der Waals surface area contributed by atoms with Crippen LogP contribution < -0.4 is 0 Å². The lowest BCUT2D eigenvalue weighted by atomic mass is 9.91. The first-order valence-electron chi connectivity index (χ1n) is 4.33. The number of nitrogens with zero attached hydrogens (tertiary/aromatic N) is 1. The zero-order valence-electron chi connectivity index (χ0n) is 7.01. The molecule has 0 radical (unpaired) electrons. The molecule has 1 fully saturated rings. The Balaban J connectivity index is 2.30. The molecule has 0 aromatic rings. The van der Waals surface area contributed by atoms with E-state index >= 15 is 0 Å². The molecule has 62 valence electrons. The molecule has 0 bridgehead atoms. The summed E-state index contributed by atoms with van der Waals surface area (Å²) in [6, 6.07) is 0. The average molecular weight is 153 g/mol. The molecule has 0 saturated carbocycles. The topological polar surface area (TPSA) is 23.5 Å². The van der Waals surface area contributed by atoms with Crippen LogP contribution in [0.15, 0.2) is 11.6 Å². The normalized spacial score (nSPS) is 37.5. The fourth-order valence-electron chi connectivity index (χ4n) is 2.39. The molecule has 0 unspecified atom stereocenters. The van der Waals surface area contributed by atoms with Crippen molar-refractivity contribution in [2.24, 2.45) is 0 Å². The van der Waals surface area contributed by atoms with Crippen LogP contribution in [0.1, 0.15) is 19.8 Å². The Bertz CT molecular complexity index is 200. The number of fused-ring (bicyclic) bond motifs is 1. The summed E-state index contributed by atoms with van der Waals surface area (Å²) < 4.78 is 0. The Morgan fingerprint density at radius 2 is 2.55 bits per heavy atom. The van der Waals surface area contributed by atoms with Gasteiger partial charge in [0.2, 0.25) is 0 Å². The Kier molecular flexibility index (Phi) is 1.55. The van der Waals surface area contributed by atoms with Crippen LogP contribution in [0, 0.1) is 0 Å². The average Bonchev–Trinajstić information content (AvgIpc) is 2.53. The minimum atomic E-state index is 0.0556. The van der Waals surface area contributed by atoms with Crippen LogP contribution in [0.4, 0.5) is 0 Å². The van der Waals surface area contributed by atoms with E-state index in [1.165, 1.54) is 12.0 Å². The number of hydrogen-bond donors (Lipinski definition) is 1. The fourth-order valence-corrected chi connectivity index (χ4v) is 2.39. The summed E-state index contributed by atoms with van der Waals surface area (Å²) >= 11 is 0. The molecular weight excluding hydrogens is 138 g/mol. The Labute approximate surface area is 67.5 Å². The maximum Gasteiger partial charge on any atom is 0.0654 e. The van der Waals surface area contributed by atoms with Crippen molar-refractivity contribution in [3.63, 3.8) is 0 Å². The maximum atomic E-state index is 9.31. The van der Waals surface area contributed by atoms with Gasteiger partial charge in [-0.2, -0.15) is 0 Å². The van der Waals surface area contributed by atoms with Gasteiger partial charge in [-0.3, -0.25) is 4.90 Å². The van der Waals surface area contributed by atoms with Crippen molar-refractivity contribution in [1.82, 2.24) is 4.90 Å². The van der Waals surface area contributed by atoms with E-state index in [-0.39, 0.29) is 5.54 Å². The summed E-state index contributed by atoms with van der Waals surface area (Å²) in [5.74, 6) is 0. The number of aliphatic hydroxyl groups is 1. The SMILES string of the molecule is CC1=CCN2CCC[C@@]12CO. The molecule has 0 spiro atoms.